The molecule has 3 rings (SSSR count). The lowest BCUT2D eigenvalue weighted by Crippen LogP contribution is -2.28. The Balaban J connectivity index is 1.86. The van der Waals surface area contributed by atoms with Crippen LogP contribution in [-0.4, -0.2) is 23.6 Å². The molecule has 0 saturated carbocycles. The largest absolute Gasteiger partial charge is 0.505 e. The Bertz CT molecular complexity index is 745. The molecule has 6 heteroatoms. The van der Waals surface area contributed by atoms with Gasteiger partial charge >= 0.3 is 6.16 Å². The number of hydrogen-bond donors (Lipinski definition) is 1. The van der Waals surface area contributed by atoms with Crippen molar-refractivity contribution in [3.05, 3.63) is 71.5 Å². The molecule has 0 aliphatic carbocycles. The third kappa shape index (κ3) is 3.22. The number of halogens is 1. The van der Waals surface area contributed by atoms with Gasteiger partial charge in [0.05, 0.1) is 5.71 Å². The molecule has 0 radical (unpaired) electrons. The highest BCUT2D eigenvalue weighted by molar-refractivity contribution is 5.87. The maximum absolute atomic E-state index is 13.3. The monoisotopic (exact) mass is 329 g/mol. The minimum atomic E-state index is -1.32. The summed E-state index contributed by atoms with van der Waals surface area (Å²) in [6, 6.07) is 15.7. The second kappa shape index (κ2) is 6.70. The van der Waals surface area contributed by atoms with Gasteiger partial charge in [-0.1, -0.05) is 47.6 Å². The van der Waals surface area contributed by atoms with E-state index in [2.05, 4.69) is 9.89 Å². The zero-order valence-electron chi connectivity index (χ0n) is 12.8. The van der Waals surface area contributed by atoms with E-state index in [0.717, 1.165) is 11.1 Å². The van der Waals surface area contributed by atoms with Gasteiger partial charge in [0, 0.05) is 24.0 Å². The van der Waals surface area contributed by atoms with Gasteiger partial charge in [-0.05, 0) is 12.1 Å². The Morgan fingerprint density at radius 2 is 1.83 bits per heavy atom. The van der Waals surface area contributed by atoms with E-state index in [1.807, 2.05) is 30.3 Å². The van der Waals surface area contributed by atoms with Crippen LogP contribution in [0.4, 0.5) is 9.18 Å². The normalized spacial score (nSPS) is 19.5. The van der Waals surface area contributed by atoms with Crippen molar-refractivity contribution in [2.75, 3.05) is 6.61 Å². The van der Waals surface area contributed by atoms with E-state index in [1.165, 1.54) is 12.1 Å². The van der Waals surface area contributed by atoms with E-state index in [-0.39, 0.29) is 12.4 Å². The summed E-state index contributed by atoms with van der Waals surface area (Å²) < 4.78 is 17.8. The highest BCUT2D eigenvalue weighted by Crippen LogP contribution is 2.41. The van der Waals surface area contributed by atoms with E-state index >= 15 is 0 Å². The Morgan fingerprint density at radius 1 is 1.17 bits per heavy atom. The summed E-state index contributed by atoms with van der Waals surface area (Å²) in [5, 5.41) is 12.7. The third-order valence-electron chi connectivity index (χ3n) is 3.95. The van der Waals surface area contributed by atoms with Gasteiger partial charge < -0.3 is 14.7 Å². The Kier molecular flexibility index (Phi) is 4.46. The molecular formula is C18H16FNO4. The summed E-state index contributed by atoms with van der Waals surface area (Å²) in [7, 11) is 0. The Hall–Kier alpha value is -2.89. The highest BCUT2D eigenvalue weighted by Gasteiger charge is 2.42. The third-order valence-corrected chi connectivity index (χ3v) is 3.95. The molecule has 2 aromatic rings. The second-order valence-electron chi connectivity index (χ2n) is 5.49. The van der Waals surface area contributed by atoms with Gasteiger partial charge in [0.2, 0.25) is 0 Å². The van der Waals surface area contributed by atoms with Crippen LogP contribution in [0.5, 0.6) is 0 Å². The first kappa shape index (κ1) is 16.0. The van der Waals surface area contributed by atoms with Gasteiger partial charge in [-0.3, -0.25) is 0 Å². The number of nitrogens with zero attached hydrogens (tertiary/aromatic N) is 1. The fourth-order valence-electron chi connectivity index (χ4n) is 2.79. The summed E-state index contributed by atoms with van der Waals surface area (Å²) in [5.74, 6) is -0.323. The zero-order chi connectivity index (χ0) is 17.0. The van der Waals surface area contributed by atoms with E-state index in [9.17, 15) is 9.18 Å². The summed E-state index contributed by atoms with van der Waals surface area (Å²) in [6.07, 6.45) is -0.518. The molecule has 124 valence electrons. The average molecular weight is 329 g/mol. The molecule has 24 heavy (non-hydrogen) atoms. The van der Waals surface area contributed by atoms with E-state index in [0.29, 0.717) is 18.6 Å². The lowest BCUT2D eigenvalue weighted by molar-refractivity contribution is 0.0111. The minimum Gasteiger partial charge on any atom is -0.450 e. The lowest BCUT2D eigenvalue weighted by atomic mass is 9.82. The first-order valence-corrected chi connectivity index (χ1v) is 7.51. The molecule has 1 unspecified atom stereocenters. The number of hydrogen-bond acceptors (Lipinski definition) is 4. The standard InChI is InChI=1S/C18H16FNO4/c19-15-8-6-14(7-9-15)18(13-4-2-1-3-5-13)12-16(20-24-18)10-11-23-17(21)22/h1-9H,10-12H2,(H,21,22). The van der Waals surface area contributed by atoms with Crippen molar-refractivity contribution in [2.24, 2.45) is 5.16 Å². The van der Waals surface area contributed by atoms with Crippen molar-refractivity contribution in [3.8, 4) is 0 Å². The molecular weight excluding hydrogens is 313 g/mol. The van der Waals surface area contributed by atoms with Crippen molar-refractivity contribution in [2.45, 2.75) is 18.4 Å². The number of ether oxygens (including phenoxy) is 1. The van der Waals surface area contributed by atoms with Crippen molar-refractivity contribution >= 4 is 11.9 Å². The number of oxime groups is 1. The summed E-state index contributed by atoms with van der Waals surface area (Å²) in [4.78, 5) is 16.2. The van der Waals surface area contributed by atoms with E-state index < -0.39 is 11.8 Å². The summed E-state index contributed by atoms with van der Waals surface area (Å²) >= 11 is 0. The van der Waals surface area contributed by atoms with Crippen LogP contribution in [0.25, 0.3) is 0 Å². The van der Waals surface area contributed by atoms with Crippen LogP contribution < -0.4 is 0 Å². The molecule has 0 amide bonds. The van der Waals surface area contributed by atoms with Crippen molar-refractivity contribution in [1.29, 1.82) is 0 Å². The number of rotatable bonds is 5. The van der Waals surface area contributed by atoms with Gasteiger partial charge in [-0.2, -0.15) is 0 Å². The number of carboxylic acid groups (broad SMARTS) is 1. The predicted octanol–water partition coefficient (Wildman–Crippen LogP) is 3.93. The molecule has 0 saturated heterocycles. The molecule has 0 fully saturated rings. The van der Waals surface area contributed by atoms with Crippen molar-refractivity contribution in [1.82, 2.24) is 0 Å². The Labute approximate surface area is 138 Å². The molecule has 1 aliphatic heterocycles. The van der Waals surface area contributed by atoms with Crippen LogP contribution in [0.3, 0.4) is 0 Å². The highest BCUT2D eigenvalue weighted by atomic mass is 19.1. The van der Waals surface area contributed by atoms with Crippen molar-refractivity contribution < 1.29 is 23.9 Å². The van der Waals surface area contributed by atoms with Crippen molar-refractivity contribution in [3.63, 3.8) is 0 Å². The maximum Gasteiger partial charge on any atom is 0.505 e. The van der Waals surface area contributed by atoms with E-state index in [4.69, 9.17) is 9.94 Å². The fraction of sp³-hybridized carbons (Fsp3) is 0.222. The number of benzene rings is 2. The predicted molar refractivity (Wildman–Crippen MR) is 85.4 cm³/mol. The molecule has 2 aromatic carbocycles. The minimum absolute atomic E-state index is 0.0197. The first-order chi connectivity index (χ1) is 11.6. The summed E-state index contributed by atoms with van der Waals surface area (Å²) in [5.41, 5.74) is 1.54. The van der Waals surface area contributed by atoms with Crippen LogP contribution >= 0.6 is 0 Å². The van der Waals surface area contributed by atoms with Gasteiger partial charge in [-0.25, -0.2) is 9.18 Å². The van der Waals surface area contributed by atoms with Crippen LogP contribution in [0.15, 0.2) is 59.8 Å². The SMILES string of the molecule is O=C(O)OCCC1=NOC(c2ccccc2)(c2ccc(F)cc2)C1. The maximum atomic E-state index is 13.3. The van der Waals surface area contributed by atoms with Gasteiger partial charge in [0.15, 0.2) is 5.60 Å². The molecule has 1 atom stereocenters. The lowest BCUT2D eigenvalue weighted by Gasteiger charge is -2.27. The Morgan fingerprint density at radius 3 is 2.50 bits per heavy atom. The second-order valence-corrected chi connectivity index (χ2v) is 5.49. The molecule has 0 aromatic heterocycles. The number of carbonyl (C=O) groups is 1. The van der Waals surface area contributed by atoms with Gasteiger partial charge in [-0.15, -0.1) is 0 Å². The zero-order valence-corrected chi connectivity index (χ0v) is 12.8. The topological polar surface area (TPSA) is 68.1 Å². The molecule has 1 heterocycles. The van der Waals surface area contributed by atoms with Crippen LogP contribution in [0.1, 0.15) is 24.0 Å². The molecule has 5 nitrogen and oxygen atoms in total. The van der Waals surface area contributed by atoms with Crippen LogP contribution in [0, 0.1) is 5.82 Å². The molecule has 1 N–H and O–H groups in total. The fourth-order valence-corrected chi connectivity index (χ4v) is 2.79. The molecule has 0 bridgehead atoms. The molecule has 1 aliphatic rings. The van der Waals surface area contributed by atoms with Gasteiger partial charge in [0.25, 0.3) is 0 Å². The quantitative estimate of drug-likeness (QED) is 0.844. The smallest absolute Gasteiger partial charge is 0.450 e. The van der Waals surface area contributed by atoms with Gasteiger partial charge in [0.1, 0.15) is 12.4 Å². The first-order valence-electron chi connectivity index (χ1n) is 7.51. The average Bonchev–Trinajstić information content (AvgIpc) is 3.01. The van der Waals surface area contributed by atoms with E-state index in [1.54, 1.807) is 12.1 Å². The summed E-state index contributed by atoms with van der Waals surface area (Å²) in [6.45, 7) is 0.0197. The van der Waals surface area contributed by atoms with Crippen LogP contribution in [0.2, 0.25) is 0 Å². The van der Waals surface area contributed by atoms with Crippen LogP contribution in [-0.2, 0) is 15.2 Å². The molecule has 0 spiro atoms.